The van der Waals surface area contributed by atoms with Gasteiger partial charge in [0.15, 0.2) is 0 Å². The van der Waals surface area contributed by atoms with Gasteiger partial charge < -0.3 is 19.7 Å². The van der Waals surface area contributed by atoms with E-state index in [9.17, 15) is 14.4 Å². The highest BCUT2D eigenvalue weighted by Gasteiger charge is 2.40. The van der Waals surface area contributed by atoms with Crippen LogP contribution < -0.4 is 14.8 Å². The number of likely N-dealkylation sites (tertiary alicyclic amines) is 1. The summed E-state index contributed by atoms with van der Waals surface area (Å²) in [6.45, 7) is 0.824. The van der Waals surface area contributed by atoms with E-state index in [2.05, 4.69) is 5.32 Å². The molecular weight excluding hydrogens is 346 g/mol. The van der Waals surface area contributed by atoms with Crippen LogP contribution in [0.25, 0.3) is 0 Å². The van der Waals surface area contributed by atoms with Crippen molar-refractivity contribution in [2.45, 2.75) is 12.5 Å². The molecule has 4 amide bonds. The summed E-state index contributed by atoms with van der Waals surface area (Å²) in [5.41, 5.74) is 0.550. The number of amides is 4. The third-order valence-corrected chi connectivity index (χ3v) is 5.04. The van der Waals surface area contributed by atoms with Gasteiger partial charge in [0.25, 0.3) is 5.24 Å². The first-order chi connectivity index (χ1) is 12.0. The fourth-order valence-electron chi connectivity index (χ4n) is 2.94. The van der Waals surface area contributed by atoms with Crippen LogP contribution in [-0.2, 0) is 4.79 Å². The van der Waals surface area contributed by atoms with E-state index in [1.54, 1.807) is 23.1 Å². The van der Waals surface area contributed by atoms with Gasteiger partial charge in [0.2, 0.25) is 5.91 Å². The number of carbonyl (C=O) groups is 3. The molecule has 3 rings (SSSR count). The quantitative estimate of drug-likeness (QED) is 0.878. The molecule has 8 nitrogen and oxygen atoms in total. The predicted molar refractivity (Wildman–Crippen MR) is 93.2 cm³/mol. The average Bonchev–Trinajstić information content (AvgIpc) is 3.21. The van der Waals surface area contributed by atoms with Crippen LogP contribution in [0, 0.1) is 0 Å². The number of hydrogen-bond donors (Lipinski definition) is 1. The molecule has 0 bridgehead atoms. The lowest BCUT2D eigenvalue weighted by atomic mass is 10.2. The molecule has 2 aliphatic heterocycles. The Morgan fingerprint density at radius 1 is 1.20 bits per heavy atom. The summed E-state index contributed by atoms with van der Waals surface area (Å²) < 4.78 is 10.4. The van der Waals surface area contributed by atoms with Gasteiger partial charge in [-0.25, -0.2) is 4.79 Å². The lowest BCUT2D eigenvalue weighted by molar-refractivity contribution is -0.126. The smallest absolute Gasteiger partial charge is 0.321 e. The van der Waals surface area contributed by atoms with Crippen molar-refractivity contribution in [3.8, 4) is 11.5 Å². The van der Waals surface area contributed by atoms with Crippen LogP contribution in [0.2, 0.25) is 0 Å². The second kappa shape index (κ2) is 7.22. The number of hydrogen-bond acceptors (Lipinski definition) is 6. The first-order valence-electron chi connectivity index (χ1n) is 7.79. The van der Waals surface area contributed by atoms with E-state index in [0.29, 0.717) is 36.7 Å². The number of imide groups is 1. The van der Waals surface area contributed by atoms with Crippen molar-refractivity contribution in [1.29, 1.82) is 0 Å². The number of nitrogens with one attached hydrogen (secondary N) is 1. The zero-order valence-corrected chi connectivity index (χ0v) is 14.8. The SMILES string of the molecule is COc1cc(NC(=O)N2CCC(N3C(=O)CSC3=O)C2)cc(OC)c1. The van der Waals surface area contributed by atoms with Gasteiger partial charge in [0, 0.05) is 37.0 Å². The Hall–Kier alpha value is -2.42. The standard InChI is InChI=1S/C16H19N3O5S/c1-23-12-5-10(6-13(7-12)24-2)17-15(21)18-4-3-11(8-18)19-14(20)9-25-16(19)22/h5-7,11H,3-4,8-9H2,1-2H3,(H,17,21). The minimum absolute atomic E-state index is 0.181. The van der Waals surface area contributed by atoms with Crippen LogP contribution in [0.5, 0.6) is 11.5 Å². The topological polar surface area (TPSA) is 88.2 Å². The summed E-state index contributed by atoms with van der Waals surface area (Å²) >= 11 is 1.01. The molecule has 1 unspecified atom stereocenters. The minimum Gasteiger partial charge on any atom is -0.497 e. The summed E-state index contributed by atoms with van der Waals surface area (Å²) in [6, 6.07) is 4.56. The number of urea groups is 1. The van der Waals surface area contributed by atoms with Crippen molar-refractivity contribution >= 4 is 34.6 Å². The van der Waals surface area contributed by atoms with Gasteiger partial charge in [0.1, 0.15) is 11.5 Å². The molecule has 2 fully saturated rings. The van der Waals surface area contributed by atoms with Gasteiger partial charge in [-0.15, -0.1) is 0 Å². The Labute approximate surface area is 149 Å². The largest absolute Gasteiger partial charge is 0.497 e. The van der Waals surface area contributed by atoms with Crippen molar-refractivity contribution in [2.24, 2.45) is 0 Å². The zero-order valence-electron chi connectivity index (χ0n) is 14.0. The fraction of sp³-hybridized carbons (Fsp3) is 0.438. The number of methoxy groups -OCH3 is 2. The number of rotatable bonds is 4. The number of nitrogens with zero attached hydrogens (tertiary/aromatic N) is 2. The molecule has 134 valence electrons. The molecule has 9 heteroatoms. The van der Waals surface area contributed by atoms with E-state index >= 15 is 0 Å². The highest BCUT2D eigenvalue weighted by atomic mass is 32.2. The molecule has 0 spiro atoms. The highest BCUT2D eigenvalue weighted by Crippen LogP contribution is 2.28. The lowest BCUT2D eigenvalue weighted by Gasteiger charge is -2.22. The Balaban J connectivity index is 1.65. The van der Waals surface area contributed by atoms with Crippen LogP contribution in [0.4, 0.5) is 15.3 Å². The summed E-state index contributed by atoms with van der Waals surface area (Å²) in [5, 5.41) is 2.57. The summed E-state index contributed by atoms with van der Waals surface area (Å²) in [7, 11) is 3.07. The first kappa shape index (κ1) is 17.4. The molecular formula is C16H19N3O5S. The zero-order chi connectivity index (χ0) is 18.0. The molecule has 2 aliphatic rings. The average molecular weight is 365 g/mol. The van der Waals surface area contributed by atoms with Gasteiger partial charge in [-0.2, -0.15) is 0 Å². The van der Waals surface area contributed by atoms with E-state index in [-0.39, 0.29) is 29.0 Å². The molecule has 0 aliphatic carbocycles. The third-order valence-electron chi connectivity index (χ3n) is 4.20. The molecule has 1 N–H and O–H groups in total. The second-order valence-electron chi connectivity index (χ2n) is 5.74. The maximum Gasteiger partial charge on any atom is 0.321 e. The van der Waals surface area contributed by atoms with Crippen molar-refractivity contribution in [3.05, 3.63) is 18.2 Å². The molecule has 0 saturated carbocycles. The minimum atomic E-state index is -0.287. The summed E-state index contributed by atoms with van der Waals surface area (Å²) in [4.78, 5) is 39.0. The van der Waals surface area contributed by atoms with Gasteiger partial charge in [0.05, 0.1) is 26.0 Å². The van der Waals surface area contributed by atoms with E-state index in [4.69, 9.17) is 9.47 Å². The second-order valence-corrected chi connectivity index (χ2v) is 6.66. The summed E-state index contributed by atoms with van der Waals surface area (Å²) in [5.74, 6) is 1.14. The lowest BCUT2D eigenvalue weighted by Crippen LogP contribution is -2.42. The van der Waals surface area contributed by atoms with Gasteiger partial charge in [-0.3, -0.25) is 14.5 Å². The molecule has 1 aromatic carbocycles. The van der Waals surface area contributed by atoms with Crippen LogP contribution in [0.15, 0.2) is 18.2 Å². The Kier molecular flexibility index (Phi) is 5.03. The maximum absolute atomic E-state index is 12.5. The van der Waals surface area contributed by atoms with E-state index in [1.807, 2.05) is 0 Å². The predicted octanol–water partition coefficient (Wildman–Crippen LogP) is 2.01. The van der Waals surface area contributed by atoms with Gasteiger partial charge >= 0.3 is 6.03 Å². The van der Waals surface area contributed by atoms with E-state index < -0.39 is 0 Å². The molecule has 25 heavy (non-hydrogen) atoms. The Bertz CT molecular complexity index is 673. The molecule has 0 radical (unpaired) electrons. The monoisotopic (exact) mass is 365 g/mol. The van der Waals surface area contributed by atoms with Crippen LogP contribution in [-0.4, -0.2) is 66.1 Å². The Morgan fingerprint density at radius 2 is 1.88 bits per heavy atom. The van der Waals surface area contributed by atoms with E-state index in [1.165, 1.54) is 19.1 Å². The third kappa shape index (κ3) is 3.65. The van der Waals surface area contributed by atoms with Gasteiger partial charge in [-0.05, 0) is 6.42 Å². The highest BCUT2D eigenvalue weighted by molar-refractivity contribution is 8.14. The number of thioether (sulfide) groups is 1. The van der Waals surface area contributed by atoms with Crippen molar-refractivity contribution < 1.29 is 23.9 Å². The van der Waals surface area contributed by atoms with Gasteiger partial charge in [-0.1, -0.05) is 11.8 Å². The molecule has 2 saturated heterocycles. The number of carbonyl (C=O) groups excluding carboxylic acids is 3. The fourth-order valence-corrected chi connectivity index (χ4v) is 3.71. The van der Waals surface area contributed by atoms with Crippen molar-refractivity contribution in [1.82, 2.24) is 9.80 Å². The molecule has 1 atom stereocenters. The van der Waals surface area contributed by atoms with Crippen molar-refractivity contribution in [3.63, 3.8) is 0 Å². The normalized spacial score (nSPS) is 20.2. The maximum atomic E-state index is 12.5. The van der Waals surface area contributed by atoms with Crippen LogP contribution >= 0.6 is 11.8 Å². The van der Waals surface area contributed by atoms with Crippen LogP contribution in [0.1, 0.15) is 6.42 Å². The molecule has 1 aromatic rings. The van der Waals surface area contributed by atoms with Crippen LogP contribution in [0.3, 0.4) is 0 Å². The molecule has 2 heterocycles. The molecule has 0 aromatic heterocycles. The summed E-state index contributed by atoms with van der Waals surface area (Å²) in [6.07, 6.45) is 0.590. The van der Waals surface area contributed by atoms with E-state index in [0.717, 1.165) is 11.8 Å². The van der Waals surface area contributed by atoms with Crippen molar-refractivity contribution in [2.75, 3.05) is 38.4 Å². The Morgan fingerprint density at radius 3 is 2.44 bits per heavy atom. The number of anilines is 1. The number of ether oxygens (including phenoxy) is 2. The first-order valence-corrected chi connectivity index (χ1v) is 8.78. The number of benzene rings is 1.